The first-order valence-corrected chi connectivity index (χ1v) is 5.53. The number of nitrogen functional groups attached to an aromatic ring is 1. The molecule has 1 heterocycles. The number of benzene rings is 1. The van der Waals surface area contributed by atoms with Gasteiger partial charge in [0.25, 0.3) is 5.82 Å². The highest BCUT2D eigenvalue weighted by Gasteiger charge is 2.03. The predicted octanol–water partition coefficient (Wildman–Crippen LogP) is 2.37. The van der Waals surface area contributed by atoms with E-state index in [9.17, 15) is 0 Å². The quantitative estimate of drug-likeness (QED) is 0.829. The Hall–Kier alpha value is -1.35. The summed E-state index contributed by atoms with van der Waals surface area (Å²) in [4.78, 5) is 0. The van der Waals surface area contributed by atoms with Crippen LogP contribution in [0.2, 0.25) is 0 Å². The van der Waals surface area contributed by atoms with Crippen molar-refractivity contribution >= 4 is 21.7 Å². The van der Waals surface area contributed by atoms with E-state index in [0.29, 0.717) is 0 Å². The zero-order valence-corrected chi connectivity index (χ0v) is 9.81. The fourth-order valence-electron chi connectivity index (χ4n) is 1.47. The van der Waals surface area contributed by atoms with Crippen molar-refractivity contribution in [3.05, 3.63) is 58.7 Å². The Morgan fingerprint density at radius 1 is 1.13 bits per heavy atom. The van der Waals surface area contributed by atoms with Crippen LogP contribution >= 0.6 is 15.9 Å². The number of nitrogens with two attached hydrogens (primary N) is 1. The summed E-state index contributed by atoms with van der Waals surface area (Å²) in [6.45, 7) is 0.798. The fraction of sp³-hybridized carbons (Fsp3) is 0.0833. The van der Waals surface area contributed by atoms with Crippen molar-refractivity contribution in [1.82, 2.24) is 0 Å². The van der Waals surface area contributed by atoms with Crippen LogP contribution in [0, 0.1) is 0 Å². The Balaban J connectivity index is 2.26. The molecule has 0 fully saturated rings. The molecular formula is C12H12BrN2+. The second-order valence-corrected chi connectivity index (χ2v) is 4.30. The van der Waals surface area contributed by atoms with Crippen molar-refractivity contribution in [2.24, 2.45) is 0 Å². The van der Waals surface area contributed by atoms with Crippen LogP contribution in [0.1, 0.15) is 5.56 Å². The average molecular weight is 264 g/mol. The van der Waals surface area contributed by atoms with Crippen molar-refractivity contribution in [3.63, 3.8) is 0 Å². The van der Waals surface area contributed by atoms with Gasteiger partial charge < -0.3 is 0 Å². The molecule has 0 saturated heterocycles. The van der Waals surface area contributed by atoms with E-state index in [0.717, 1.165) is 16.8 Å². The number of nitrogens with zero attached hydrogens (tertiary/aromatic N) is 1. The minimum absolute atomic E-state index is 0.775. The molecule has 0 amide bonds. The summed E-state index contributed by atoms with van der Waals surface area (Å²) >= 11 is 3.45. The van der Waals surface area contributed by atoms with Crippen molar-refractivity contribution in [2.75, 3.05) is 5.73 Å². The van der Waals surface area contributed by atoms with Crippen LogP contribution in [0.5, 0.6) is 0 Å². The minimum atomic E-state index is 0.775. The highest BCUT2D eigenvalue weighted by atomic mass is 79.9. The van der Waals surface area contributed by atoms with Gasteiger partial charge in [-0.1, -0.05) is 34.1 Å². The van der Waals surface area contributed by atoms with Crippen LogP contribution in [-0.4, -0.2) is 0 Å². The van der Waals surface area contributed by atoms with Gasteiger partial charge in [0.05, 0.1) is 6.20 Å². The Labute approximate surface area is 97.5 Å². The van der Waals surface area contributed by atoms with Crippen molar-refractivity contribution < 1.29 is 4.57 Å². The predicted molar refractivity (Wildman–Crippen MR) is 64.3 cm³/mol. The van der Waals surface area contributed by atoms with Crippen molar-refractivity contribution in [2.45, 2.75) is 6.54 Å². The minimum Gasteiger partial charge on any atom is -0.287 e. The van der Waals surface area contributed by atoms with E-state index in [1.165, 1.54) is 5.56 Å². The molecule has 1 aromatic carbocycles. The smallest absolute Gasteiger partial charge is 0.272 e. The van der Waals surface area contributed by atoms with Crippen LogP contribution in [-0.2, 0) is 6.54 Å². The highest BCUT2D eigenvalue weighted by Crippen LogP contribution is 2.11. The van der Waals surface area contributed by atoms with Crippen molar-refractivity contribution in [1.29, 1.82) is 0 Å². The molecule has 0 unspecified atom stereocenters. The molecule has 0 aliphatic rings. The van der Waals surface area contributed by atoms with Crippen LogP contribution in [0.4, 0.5) is 5.82 Å². The summed E-state index contributed by atoms with van der Waals surface area (Å²) in [5, 5.41) is 0. The summed E-state index contributed by atoms with van der Waals surface area (Å²) in [5.74, 6) is 0.775. The maximum absolute atomic E-state index is 5.86. The van der Waals surface area contributed by atoms with Gasteiger partial charge >= 0.3 is 0 Å². The van der Waals surface area contributed by atoms with E-state index in [1.54, 1.807) is 0 Å². The zero-order chi connectivity index (χ0) is 10.7. The van der Waals surface area contributed by atoms with E-state index in [4.69, 9.17) is 5.73 Å². The lowest BCUT2D eigenvalue weighted by Crippen LogP contribution is -2.36. The van der Waals surface area contributed by atoms with Gasteiger partial charge in [0.1, 0.15) is 6.54 Å². The number of pyridine rings is 1. The van der Waals surface area contributed by atoms with E-state index in [2.05, 4.69) is 28.1 Å². The van der Waals surface area contributed by atoms with E-state index in [-0.39, 0.29) is 0 Å². The maximum atomic E-state index is 5.86. The molecule has 0 spiro atoms. The standard InChI is InChI=1S/C12H11BrN2/c13-11-5-3-4-10(8-11)9-15-7-2-1-6-12(15)14/h1-8,14H,9H2/p+1. The average Bonchev–Trinajstić information content (AvgIpc) is 2.22. The highest BCUT2D eigenvalue weighted by molar-refractivity contribution is 9.10. The Kier molecular flexibility index (Phi) is 3.02. The largest absolute Gasteiger partial charge is 0.287 e. The van der Waals surface area contributed by atoms with Gasteiger partial charge in [-0.3, -0.25) is 5.73 Å². The van der Waals surface area contributed by atoms with Gasteiger partial charge in [-0.15, -0.1) is 0 Å². The summed E-state index contributed by atoms with van der Waals surface area (Å²) in [5.41, 5.74) is 7.09. The van der Waals surface area contributed by atoms with Gasteiger partial charge in [-0.2, -0.15) is 0 Å². The first-order chi connectivity index (χ1) is 7.25. The van der Waals surface area contributed by atoms with E-state index < -0.39 is 0 Å². The maximum Gasteiger partial charge on any atom is 0.272 e. The topological polar surface area (TPSA) is 29.9 Å². The molecule has 2 aromatic rings. The molecule has 3 heteroatoms. The Morgan fingerprint density at radius 3 is 2.73 bits per heavy atom. The lowest BCUT2D eigenvalue weighted by Gasteiger charge is -2.03. The third kappa shape index (κ3) is 2.57. The SMILES string of the molecule is Nc1cccc[n+]1Cc1cccc(Br)c1. The van der Waals surface area contributed by atoms with Gasteiger partial charge in [-0.05, 0) is 23.8 Å². The van der Waals surface area contributed by atoms with Gasteiger partial charge in [-0.25, -0.2) is 4.57 Å². The number of hydrogen-bond donors (Lipinski definition) is 1. The summed E-state index contributed by atoms with van der Waals surface area (Å²) in [6.07, 6.45) is 1.98. The summed E-state index contributed by atoms with van der Waals surface area (Å²) in [6, 6.07) is 14.0. The molecule has 76 valence electrons. The number of anilines is 1. The third-order valence-electron chi connectivity index (χ3n) is 2.22. The molecule has 0 radical (unpaired) electrons. The molecular weight excluding hydrogens is 252 g/mol. The fourth-order valence-corrected chi connectivity index (χ4v) is 1.91. The second-order valence-electron chi connectivity index (χ2n) is 3.38. The number of aromatic nitrogens is 1. The lowest BCUT2D eigenvalue weighted by atomic mass is 10.2. The lowest BCUT2D eigenvalue weighted by molar-refractivity contribution is -0.674. The molecule has 2 N–H and O–H groups in total. The molecule has 1 aromatic heterocycles. The molecule has 2 nitrogen and oxygen atoms in total. The van der Waals surface area contributed by atoms with E-state index in [1.807, 2.05) is 41.1 Å². The molecule has 0 aliphatic heterocycles. The first kappa shape index (κ1) is 10.2. The van der Waals surface area contributed by atoms with Crippen LogP contribution in [0.3, 0.4) is 0 Å². The van der Waals surface area contributed by atoms with Crippen molar-refractivity contribution in [3.8, 4) is 0 Å². The van der Waals surface area contributed by atoms with Gasteiger partial charge in [0.15, 0.2) is 0 Å². The van der Waals surface area contributed by atoms with Crippen LogP contribution in [0.15, 0.2) is 53.1 Å². The first-order valence-electron chi connectivity index (χ1n) is 4.74. The van der Waals surface area contributed by atoms with Crippen LogP contribution in [0.25, 0.3) is 0 Å². The van der Waals surface area contributed by atoms with Crippen LogP contribution < -0.4 is 10.3 Å². The number of halogens is 1. The normalized spacial score (nSPS) is 10.2. The number of rotatable bonds is 2. The molecule has 0 atom stereocenters. The molecule has 0 bridgehead atoms. The number of hydrogen-bond acceptors (Lipinski definition) is 1. The molecule has 15 heavy (non-hydrogen) atoms. The van der Waals surface area contributed by atoms with Gasteiger partial charge in [0, 0.05) is 10.5 Å². The zero-order valence-electron chi connectivity index (χ0n) is 8.23. The second kappa shape index (κ2) is 4.45. The molecule has 0 saturated carbocycles. The molecule has 2 rings (SSSR count). The Morgan fingerprint density at radius 2 is 2.00 bits per heavy atom. The summed E-state index contributed by atoms with van der Waals surface area (Å²) < 4.78 is 3.11. The van der Waals surface area contributed by atoms with Gasteiger partial charge in [0.2, 0.25) is 0 Å². The third-order valence-corrected chi connectivity index (χ3v) is 2.71. The Bertz CT molecular complexity index is 469. The molecule has 0 aliphatic carbocycles. The summed E-state index contributed by atoms with van der Waals surface area (Å²) in [7, 11) is 0. The van der Waals surface area contributed by atoms with E-state index >= 15 is 0 Å². The monoisotopic (exact) mass is 263 g/mol.